The molecule has 0 heterocycles. The second kappa shape index (κ2) is 8.63. The molecule has 4 aliphatic carbocycles. The standard InChI is InChI=1S/C30H45FO2/c1-4-30(33,18-13-20-5-8-22(31)9-6-20)27-12-11-25-24-10-7-21-19-23(32)14-16-28(21,2)26(24)15-17-29(25,27)3/h5-6,8-9,21,23-27,32-33H,4,7,10-19H2,1-3H3/t21-,23-,24-,25-,26-,27-,28-,29-,30+/m0/s1. The number of hydrogen-bond donors (Lipinski definition) is 2. The van der Waals surface area contributed by atoms with Crippen LogP contribution >= 0.6 is 0 Å². The normalized spacial score (nSPS) is 44.4. The molecule has 4 fully saturated rings. The van der Waals surface area contributed by atoms with E-state index < -0.39 is 5.60 Å². The largest absolute Gasteiger partial charge is 0.393 e. The number of aryl methyl sites for hydroxylation is 1. The van der Waals surface area contributed by atoms with Gasteiger partial charge in [-0.3, -0.25) is 0 Å². The highest BCUT2D eigenvalue weighted by molar-refractivity contribution is 5.18. The third-order valence-corrected chi connectivity index (χ3v) is 11.7. The van der Waals surface area contributed by atoms with Crippen LogP contribution in [-0.4, -0.2) is 21.9 Å². The first-order chi connectivity index (χ1) is 15.7. The maximum Gasteiger partial charge on any atom is 0.123 e. The fourth-order valence-corrected chi connectivity index (χ4v) is 9.73. The molecule has 1 aromatic rings. The molecule has 3 heteroatoms. The number of benzene rings is 1. The maximum absolute atomic E-state index is 13.3. The van der Waals surface area contributed by atoms with E-state index in [-0.39, 0.29) is 17.3 Å². The Morgan fingerprint density at radius 2 is 1.64 bits per heavy atom. The van der Waals surface area contributed by atoms with Crippen LogP contribution in [0.1, 0.15) is 97.0 Å². The second-order valence-corrected chi connectivity index (χ2v) is 12.8. The van der Waals surface area contributed by atoms with E-state index in [2.05, 4.69) is 20.8 Å². The Hall–Kier alpha value is -0.930. The lowest BCUT2D eigenvalue weighted by molar-refractivity contribution is -0.148. The Kier molecular flexibility index (Phi) is 6.22. The molecule has 2 N–H and O–H groups in total. The first-order valence-corrected chi connectivity index (χ1v) is 13.8. The highest BCUT2D eigenvalue weighted by atomic mass is 19.1. The van der Waals surface area contributed by atoms with Crippen molar-refractivity contribution in [3.63, 3.8) is 0 Å². The molecule has 4 aliphatic rings. The van der Waals surface area contributed by atoms with Gasteiger partial charge in [-0.05, 0) is 135 Å². The van der Waals surface area contributed by atoms with Crippen molar-refractivity contribution in [2.75, 3.05) is 0 Å². The van der Waals surface area contributed by atoms with Crippen LogP contribution in [0.25, 0.3) is 0 Å². The monoisotopic (exact) mass is 456 g/mol. The molecule has 184 valence electrons. The minimum Gasteiger partial charge on any atom is -0.393 e. The average Bonchev–Trinajstić information content (AvgIpc) is 3.17. The van der Waals surface area contributed by atoms with Crippen LogP contribution in [0, 0.1) is 46.2 Å². The van der Waals surface area contributed by atoms with Crippen molar-refractivity contribution in [2.45, 2.75) is 110 Å². The fourth-order valence-electron chi connectivity index (χ4n) is 9.73. The number of aliphatic hydroxyl groups is 2. The van der Waals surface area contributed by atoms with Crippen LogP contribution < -0.4 is 0 Å². The van der Waals surface area contributed by atoms with Gasteiger partial charge in [0.25, 0.3) is 0 Å². The number of halogens is 1. The fraction of sp³-hybridized carbons (Fsp3) is 0.800. The van der Waals surface area contributed by atoms with E-state index in [0.29, 0.717) is 17.3 Å². The van der Waals surface area contributed by atoms with Crippen molar-refractivity contribution >= 4 is 0 Å². The average molecular weight is 457 g/mol. The number of aliphatic hydroxyl groups excluding tert-OH is 1. The van der Waals surface area contributed by atoms with Crippen molar-refractivity contribution in [3.05, 3.63) is 35.6 Å². The van der Waals surface area contributed by atoms with Crippen molar-refractivity contribution in [1.29, 1.82) is 0 Å². The van der Waals surface area contributed by atoms with Gasteiger partial charge < -0.3 is 10.2 Å². The molecule has 5 rings (SSSR count). The van der Waals surface area contributed by atoms with Gasteiger partial charge in [-0.1, -0.05) is 32.9 Å². The highest BCUT2D eigenvalue weighted by Gasteiger charge is 2.62. The van der Waals surface area contributed by atoms with Crippen LogP contribution in [0.4, 0.5) is 4.39 Å². The second-order valence-electron chi connectivity index (χ2n) is 12.8. The van der Waals surface area contributed by atoms with Gasteiger partial charge in [0, 0.05) is 0 Å². The lowest BCUT2D eigenvalue weighted by atomic mass is 9.44. The van der Waals surface area contributed by atoms with Crippen LogP contribution in [0.2, 0.25) is 0 Å². The third-order valence-electron chi connectivity index (χ3n) is 11.7. The zero-order chi connectivity index (χ0) is 23.4. The van der Waals surface area contributed by atoms with Gasteiger partial charge in [0.05, 0.1) is 11.7 Å². The molecular weight excluding hydrogens is 411 g/mol. The van der Waals surface area contributed by atoms with E-state index in [9.17, 15) is 14.6 Å². The lowest BCUT2D eigenvalue weighted by Gasteiger charge is -2.61. The summed E-state index contributed by atoms with van der Waals surface area (Å²) in [6.45, 7) is 7.23. The SMILES string of the molecule is CC[C@@](O)(CCc1ccc(F)cc1)[C@H]1CC[C@H]2[C@@H]3CC[C@H]4C[C@@H](O)CC[C@]4(C)[C@H]3CC[C@]12C. The van der Waals surface area contributed by atoms with Gasteiger partial charge in [0.2, 0.25) is 0 Å². The lowest BCUT2D eigenvalue weighted by Crippen LogP contribution is -2.55. The Bertz CT molecular complexity index is 838. The van der Waals surface area contributed by atoms with Gasteiger partial charge in [0.15, 0.2) is 0 Å². The predicted octanol–water partition coefficient (Wildman–Crippen LogP) is 6.92. The van der Waals surface area contributed by atoms with Crippen LogP contribution in [-0.2, 0) is 6.42 Å². The number of rotatable bonds is 5. The summed E-state index contributed by atoms with van der Waals surface area (Å²) >= 11 is 0. The Labute approximate surface area is 200 Å². The molecule has 0 unspecified atom stereocenters. The van der Waals surface area contributed by atoms with Crippen molar-refractivity contribution in [3.8, 4) is 0 Å². The quantitative estimate of drug-likeness (QED) is 0.505. The van der Waals surface area contributed by atoms with Gasteiger partial charge in [-0.25, -0.2) is 4.39 Å². The first-order valence-electron chi connectivity index (χ1n) is 13.8. The summed E-state index contributed by atoms with van der Waals surface area (Å²) in [5.74, 6) is 3.20. The molecule has 0 amide bonds. The Morgan fingerprint density at radius 3 is 2.36 bits per heavy atom. The summed E-state index contributed by atoms with van der Waals surface area (Å²) in [7, 11) is 0. The van der Waals surface area contributed by atoms with E-state index in [4.69, 9.17) is 0 Å². The zero-order valence-corrected chi connectivity index (χ0v) is 21.0. The van der Waals surface area contributed by atoms with Crippen molar-refractivity contribution in [2.24, 2.45) is 40.4 Å². The van der Waals surface area contributed by atoms with Gasteiger partial charge in [0.1, 0.15) is 5.82 Å². The molecule has 1 aromatic carbocycles. The summed E-state index contributed by atoms with van der Waals surface area (Å²) in [6, 6.07) is 6.82. The smallest absolute Gasteiger partial charge is 0.123 e. The van der Waals surface area contributed by atoms with Crippen molar-refractivity contribution in [1.82, 2.24) is 0 Å². The van der Waals surface area contributed by atoms with E-state index >= 15 is 0 Å². The van der Waals surface area contributed by atoms with Crippen LogP contribution in [0.3, 0.4) is 0 Å². The molecule has 0 aromatic heterocycles. The molecule has 33 heavy (non-hydrogen) atoms. The van der Waals surface area contributed by atoms with Gasteiger partial charge >= 0.3 is 0 Å². The summed E-state index contributed by atoms with van der Waals surface area (Å²) in [6.07, 6.45) is 13.1. The molecule has 0 radical (unpaired) electrons. The maximum atomic E-state index is 13.3. The summed E-state index contributed by atoms with van der Waals surface area (Å²) < 4.78 is 13.3. The summed E-state index contributed by atoms with van der Waals surface area (Å²) in [5, 5.41) is 22.3. The Balaban J connectivity index is 1.34. The molecule has 4 saturated carbocycles. The number of hydrogen-bond acceptors (Lipinski definition) is 2. The molecule has 0 spiro atoms. The molecule has 2 nitrogen and oxygen atoms in total. The first kappa shape index (κ1) is 23.8. The van der Waals surface area contributed by atoms with E-state index in [0.717, 1.165) is 61.8 Å². The molecule has 9 atom stereocenters. The molecule has 0 bridgehead atoms. The number of fused-ring (bicyclic) bond motifs is 5. The third kappa shape index (κ3) is 3.90. The minimum absolute atomic E-state index is 0.0787. The molecule has 0 aliphatic heterocycles. The van der Waals surface area contributed by atoms with Crippen LogP contribution in [0.15, 0.2) is 24.3 Å². The predicted molar refractivity (Wildman–Crippen MR) is 131 cm³/mol. The molecule has 0 saturated heterocycles. The highest BCUT2D eigenvalue weighted by Crippen LogP contribution is 2.69. The van der Waals surface area contributed by atoms with Gasteiger partial charge in [-0.2, -0.15) is 0 Å². The topological polar surface area (TPSA) is 40.5 Å². The van der Waals surface area contributed by atoms with Crippen LogP contribution in [0.5, 0.6) is 0 Å². The molecular formula is C30H45FO2. The summed E-state index contributed by atoms with van der Waals surface area (Å²) in [5.41, 5.74) is 1.12. The van der Waals surface area contributed by atoms with E-state index in [1.54, 1.807) is 0 Å². The van der Waals surface area contributed by atoms with E-state index in [1.165, 1.54) is 50.7 Å². The zero-order valence-electron chi connectivity index (χ0n) is 21.0. The Morgan fingerprint density at radius 1 is 0.939 bits per heavy atom. The summed E-state index contributed by atoms with van der Waals surface area (Å²) in [4.78, 5) is 0. The minimum atomic E-state index is -0.638. The van der Waals surface area contributed by atoms with Gasteiger partial charge in [-0.15, -0.1) is 0 Å². The van der Waals surface area contributed by atoms with Crippen molar-refractivity contribution < 1.29 is 14.6 Å². The van der Waals surface area contributed by atoms with E-state index in [1.807, 2.05) is 12.1 Å².